The molecule has 1 aliphatic rings. The fourth-order valence-corrected chi connectivity index (χ4v) is 5.11. The maximum Gasteiger partial charge on any atom is 0.350 e. The third-order valence-corrected chi connectivity index (χ3v) is 6.84. The minimum Gasteiger partial charge on any atom is -0.490 e. The fourth-order valence-electron chi connectivity index (χ4n) is 4.10. The Labute approximate surface area is 204 Å². The van der Waals surface area contributed by atoms with Gasteiger partial charge in [-0.05, 0) is 36.8 Å². The Kier molecular flexibility index (Phi) is 5.70. The number of rotatable bonds is 6. The Hall–Kier alpha value is -4.24. The molecule has 4 aromatic rings. The molecular formula is C26H20N2O6S. The lowest BCUT2D eigenvalue weighted by molar-refractivity contribution is 0.0605. The van der Waals surface area contributed by atoms with Crippen molar-refractivity contribution in [3.8, 4) is 5.75 Å². The van der Waals surface area contributed by atoms with Crippen molar-refractivity contribution in [1.82, 2.24) is 4.98 Å². The minimum absolute atomic E-state index is 0.0434. The van der Waals surface area contributed by atoms with E-state index in [9.17, 15) is 14.4 Å². The van der Waals surface area contributed by atoms with Gasteiger partial charge in [0.15, 0.2) is 10.6 Å². The first kappa shape index (κ1) is 22.5. The molecule has 8 nitrogen and oxygen atoms in total. The van der Waals surface area contributed by atoms with Gasteiger partial charge in [0.1, 0.15) is 22.8 Å². The highest BCUT2D eigenvalue weighted by Crippen LogP contribution is 2.43. The van der Waals surface area contributed by atoms with Gasteiger partial charge in [-0.2, -0.15) is 0 Å². The molecule has 0 N–H and O–H groups in total. The largest absolute Gasteiger partial charge is 0.490 e. The second kappa shape index (κ2) is 8.84. The number of hydrogen-bond acceptors (Lipinski definition) is 8. The van der Waals surface area contributed by atoms with E-state index in [0.717, 1.165) is 11.3 Å². The lowest BCUT2D eigenvalue weighted by atomic mass is 9.98. The Bertz CT molecular complexity index is 1540. The number of hydrogen-bond donors (Lipinski definition) is 0. The molecular weight excluding hydrogens is 468 g/mol. The van der Waals surface area contributed by atoms with Crippen molar-refractivity contribution >= 4 is 39.3 Å². The molecule has 176 valence electrons. The maximum absolute atomic E-state index is 13.7. The molecule has 1 atom stereocenters. The first-order valence-corrected chi connectivity index (χ1v) is 11.5. The van der Waals surface area contributed by atoms with Gasteiger partial charge in [-0.3, -0.25) is 14.5 Å². The van der Waals surface area contributed by atoms with Gasteiger partial charge in [-0.25, -0.2) is 9.78 Å². The second-order valence-corrected chi connectivity index (χ2v) is 8.80. The van der Waals surface area contributed by atoms with Crippen LogP contribution < -0.4 is 15.1 Å². The van der Waals surface area contributed by atoms with Crippen LogP contribution in [0.3, 0.4) is 0 Å². The number of aromatic nitrogens is 1. The predicted molar refractivity (Wildman–Crippen MR) is 131 cm³/mol. The van der Waals surface area contributed by atoms with Gasteiger partial charge in [0.2, 0.25) is 5.76 Å². The van der Waals surface area contributed by atoms with E-state index >= 15 is 0 Å². The van der Waals surface area contributed by atoms with Gasteiger partial charge in [-0.1, -0.05) is 48.3 Å². The number of aryl methyl sites for hydroxylation is 1. The molecule has 2 aromatic heterocycles. The average Bonchev–Trinajstić information content (AvgIpc) is 3.40. The van der Waals surface area contributed by atoms with Gasteiger partial charge in [0.25, 0.3) is 5.91 Å². The zero-order valence-electron chi connectivity index (χ0n) is 18.9. The number of carbonyl (C=O) groups is 2. The highest BCUT2D eigenvalue weighted by atomic mass is 32.1. The van der Waals surface area contributed by atoms with Crippen LogP contribution in [0.15, 0.2) is 70.4 Å². The van der Waals surface area contributed by atoms with Crippen molar-refractivity contribution in [3.05, 3.63) is 98.9 Å². The molecule has 0 saturated heterocycles. The number of fused-ring (bicyclic) bond motifs is 2. The number of methoxy groups -OCH3 is 1. The molecule has 0 fully saturated rings. The van der Waals surface area contributed by atoms with Crippen LogP contribution in [-0.2, 0) is 4.74 Å². The highest BCUT2D eigenvalue weighted by molar-refractivity contribution is 7.17. The van der Waals surface area contributed by atoms with E-state index < -0.39 is 17.9 Å². The first-order chi connectivity index (χ1) is 16.9. The molecule has 3 heterocycles. The third-order valence-electron chi connectivity index (χ3n) is 5.70. The summed E-state index contributed by atoms with van der Waals surface area (Å²) in [5.74, 6) is -0.479. The summed E-state index contributed by atoms with van der Waals surface area (Å²) in [6.45, 7) is 5.66. The highest BCUT2D eigenvalue weighted by Gasteiger charge is 2.45. The summed E-state index contributed by atoms with van der Waals surface area (Å²) in [6, 6.07) is 13.1. The number of benzene rings is 2. The SMILES string of the molecule is C=CCOc1ccc([C@H]2c3c(oc4ccccc4c3=O)C(=O)N2c2nc(C)c(C(=O)OC)s2)cc1. The quantitative estimate of drug-likeness (QED) is 0.288. The maximum atomic E-state index is 13.7. The predicted octanol–water partition coefficient (Wildman–Crippen LogP) is 4.66. The van der Waals surface area contributed by atoms with Crippen molar-refractivity contribution in [2.75, 3.05) is 18.6 Å². The number of nitrogens with zero attached hydrogens (tertiary/aromatic N) is 2. The van der Waals surface area contributed by atoms with Crippen molar-refractivity contribution in [1.29, 1.82) is 0 Å². The lowest BCUT2D eigenvalue weighted by Crippen LogP contribution is -2.29. The fraction of sp³-hybridized carbons (Fsp3) is 0.154. The number of thiazole rings is 1. The topological polar surface area (TPSA) is 98.9 Å². The summed E-state index contributed by atoms with van der Waals surface area (Å²) in [4.78, 5) is 45.6. The average molecular weight is 489 g/mol. The summed E-state index contributed by atoms with van der Waals surface area (Å²) in [7, 11) is 1.28. The lowest BCUT2D eigenvalue weighted by Gasteiger charge is -2.22. The Morgan fingerprint density at radius 2 is 1.94 bits per heavy atom. The summed E-state index contributed by atoms with van der Waals surface area (Å²) >= 11 is 1.03. The Morgan fingerprint density at radius 1 is 1.20 bits per heavy atom. The third kappa shape index (κ3) is 3.70. The summed E-state index contributed by atoms with van der Waals surface area (Å²) in [6.07, 6.45) is 1.64. The number of esters is 1. The van der Waals surface area contributed by atoms with Crippen LogP contribution in [0, 0.1) is 6.92 Å². The molecule has 1 amide bonds. The van der Waals surface area contributed by atoms with Crippen LogP contribution in [0.25, 0.3) is 11.0 Å². The van der Waals surface area contributed by atoms with Crippen molar-refractivity contribution in [2.24, 2.45) is 0 Å². The number of carbonyl (C=O) groups excluding carboxylic acids is 2. The van der Waals surface area contributed by atoms with Crippen LogP contribution in [0.5, 0.6) is 5.75 Å². The van der Waals surface area contributed by atoms with Crippen LogP contribution in [-0.4, -0.2) is 30.6 Å². The van der Waals surface area contributed by atoms with E-state index in [1.165, 1.54) is 12.0 Å². The van der Waals surface area contributed by atoms with Gasteiger partial charge in [0.05, 0.1) is 29.8 Å². The number of para-hydroxylation sites is 1. The molecule has 0 aliphatic carbocycles. The summed E-state index contributed by atoms with van der Waals surface area (Å²) < 4.78 is 16.4. The number of amides is 1. The molecule has 35 heavy (non-hydrogen) atoms. The first-order valence-electron chi connectivity index (χ1n) is 10.7. The molecule has 9 heteroatoms. The van der Waals surface area contributed by atoms with Crippen molar-refractivity contribution in [2.45, 2.75) is 13.0 Å². The van der Waals surface area contributed by atoms with Gasteiger partial charge >= 0.3 is 5.97 Å². The smallest absolute Gasteiger partial charge is 0.350 e. The minimum atomic E-state index is -0.803. The molecule has 2 aromatic carbocycles. The summed E-state index contributed by atoms with van der Waals surface area (Å²) in [5.41, 5.74) is 1.34. The molecule has 0 unspecified atom stereocenters. The number of anilines is 1. The van der Waals surface area contributed by atoms with Crippen LogP contribution in [0.1, 0.15) is 43.1 Å². The molecule has 0 bridgehead atoms. The second-order valence-electron chi connectivity index (χ2n) is 7.82. The normalized spacial score (nSPS) is 14.7. The van der Waals surface area contributed by atoms with Gasteiger partial charge < -0.3 is 13.9 Å². The van der Waals surface area contributed by atoms with Crippen molar-refractivity contribution in [3.63, 3.8) is 0 Å². The standard InChI is InChI=1S/C26H20N2O6S/c1-4-13-33-16-11-9-15(10-12-16)20-19-21(29)17-7-5-6-8-18(17)34-22(19)24(30)28(20)26-27-14(2)23(35-26)25(31)32-3/h4-12,20H,1,13H2,2-3H3/t20-/m0/s1. The Balaban J connectivity index is 1.71. The van der Waals surface area contributed by atoms with Crippen LogP contribution >= 0.6 is 11.3 Å². The Morgan fingerprint density at radius 3 is 2.66 bits per heavy atom. The van der Waals surface area contributed by atoms with Crippen molar-refractivity contribution < 1.29 is 23.5 Å². The zero-order chi connectivity index (χ0) is 24.7. The molecule has 0 saturated carbocycles. The molecule has 0 radical (unpaired) electrons. The van der Waals surface area contributed by atoms with E-state index in [-0.39, 0.29) is 26.8 Å². The molecule has 0 spiro atoms. The van der Waals surface area contributed by atoms with Gasteiger partial charge in [-0.15, -0.1) is 0 Å². The molecule has 5 rings (SSSR count). The molecule has 1 aliphatic heterocycles. The van der Waals surface area contributed by atoms with Gasteiger partial charge in [0, 0.05) is 0 Å². The van der Waals surface area contributed by atoms with E-state index in [1.807, 2.05) is 0 Å². The van der Waals surface area contributed by atoms with E-state index in [2.05, 4.69) is 11.6 Å². The monoisotopic (exact) mass is 488 g/mol. The zero-order valence-corrected chi connectivity index (χ0v) is 19.8. The van der Waals surface area contributed by atoms with E-state index in [4.69, 9.17) is 13.9 Å². The van der Waals surface area contributed by atoms with Crippen LogP contribution in [0.4, 0.5) is 5.13 Å². The van der Waals surface area contributed by atoms with Crippen LogP contribution in [0.2, 0.25) is 0 Å². The number of ether oxygens (including phenoxy) is 2. The van der Waals surface area contributed by atoms with E-state index in [1.54, 1.807) is 61.5 Å². The van der Waals surface area contributed by atoms with E-state index in [0.29, 0.717) is 34.6 Å². The summed E-state index contributed by atoms with van der Waals surface area (Å²) in [5, 5.41) is 0.641.